The number of nitrogens with one attached hydrogen (secondary N) is 1. The average molecular weight is 273 g/mol. The molecule has 0 aliphatic rings. The van der Waals surface area contributed by atoms with Gasteiger partial charge in [-0.05, 0) is 44.5 Å². The third-order valence-corrected chi connectivity index (χ3v) is 3.46. The molecule has 0 unspecified atom stereocenters. The summed E-state index contributed by atoms with van der Waals surface area (Å²) < 4.78 is 7.50. The molecule has 0 fully saturated rings. The van der Waals surface area contributed by atoms with E-state index >= 15 is 0 Å². The first-order chi connectivity index (χ1) is 9.61. The summed E-state index contributed by atoms with van der Waals surface area (Å²) in [6.07, 6.45) is 1.03. The van der Waals surface area contributed by atoms with Crippen LogP contribution in [0.5, 0.6) is 5.75 Å². The highest BCUT2D eigenvalue weighted by atomic mass is 16.5. The van der Waals surface area contributed by atoms with Gasteiger partial charge in [0, 0.05) is 30.5 Å². The van der Waals surface area contributed by atoms with E-state index in [1.165, 1.54) is 11.3 Å². The first-order valence-electron chi connectivity index (χ1n) is 7.07. The van der Waals surface area contributed by atoms with E-state index in [4.69, 9.17) is 4.74 Å². The Labute approximate surface area is 120 Å². The van der Waals surface area contributed by atoms with Crippen LogP contribution < -0.4 is 10.1 Å². The summed E-state index contributed by atoms with van der Waals surface area (Å²) in [5.74, 6) is 0.922. The van der Waals surface area contributed by atoms with E-state index in [9.17, 15) is 0 Å². The number of aromatic nitrogens is 2. The van der Waals surface area contributed by atoms with Gasteiger partial charge in [0.15, 0.2) is 0 Å². The van der Waals surface area contributed by atoms with Crippen LogP contribution in [0.15, 0.2) is 24.3 Å². The molecular formula is C16H23N3O. The van der Waals surface area contributed by atoms with Gasteiger partial charge in [-0.2, -0.15) is 5.10 Å². The Balaban J connectivity index is 1.97. The van der Waals surface area contributed by atoms with Gasteiger partial charge in [-0.1, -0.05) is 6.92 Å². The third-order valence-electron chi connectivity index (χ3n) is 3.46. The number of benzene rings is 1. The van der Waals surface area contributed by atoms with Gasteiger partial charge in [-0.3, -0.25) is 4.68 Å². The first kappa shape index (κ1) is 14.4. The summed E-state index contributed by atoms with van der Waals surface area (Å²) in [5, 5.41) is 7.86. The van der Waals surface area contributed by atoms with Crippen molar-refractivity contribution in [3.8, 4) is 5.75 Å². The summed E-state index contributed by atoms with van der Waals surface area (Å²) in [5.41, 5.74) is 4.65. The van der Waals surface area contributed by atoms with E-state index in [-0.39, 0.29) is 0 Å². The molecule has 1 heterocycles. The molecule has 0 radical (unpaired) electrons. The highest BCUT2D eigenvalue weighted by Gasteiger charge is 2.08. The van der Waals surface area contributed by atoms with Gasteiger partial charge in [0.1, 0.15) is 5.75 Å². The standard InChI is InChI=1S/C16H23N3O/c1-5-10-20-15-8-6-14(7-9-15)17-11-16-12(2)18-19(4)13(16)3/h6-9,17H,5,10-11H2,1-4H3. The van der Waals surface area contributed by atoms with Crippen LogP contribution in [0.2, 0.25) is 0 Å². The van der Waals surface area contributed by atoms with Crippen LogP contribution in [0.4, 0.5) is 5.69 Å². The van der Waals surface area contributed by atoms with E-state index in [1.54, 1.807) is 0 Å². The second kappa shape index (κ2) is 6.46. The fourth-order valence-electron chi connectivity index (χ4n) is 2.15. The van der Waals surface area contributed by atoms with Crippen LogP contribution in [0, 0.1) is 13.8 Å². The minimum Gasteiger partial charge on any atom is -0.494 e. The van der Waals surface area contributed by atoms with Gasteiger partial charge in [0.05, 0.1) is 12.3 Å². The van der Waals surface area contributed by atoms with Crippen molar-refractivity contribution in [2.45, 2.75) is 33.7 Å². The van der Waals surface area contributed by atoms with Crippen molar-refractivity contribution in [3.63, 3.8) is 0 Å². The maximum Gasteiger partial charge on any atom is 0.119 e. The normalized spacial score (nSPS) is 10.6. The van der Waals surface area contributed by atoms with Crippen LogP contribution in [0.25, 0.3) is 0 Å². The van der Waals surface area contributed by atoms with Gasteiger partial charge in [0.2, 0.25) is 0 Å². The van der Waals surface area contributed by atoms with Gasteiger partial charge < -0.3 is 10.1 Å². The lowest BCUT2D eigenvalue weighted by Gasteiger charge is -2.09. The molecule has 0 spiro atoms. The van der Waals surface area contributed by atoms with Gasteiger partial charge >= 0.3 is 0 Å². The Morgan fingerprint density at radius 3 is 2.45 bits per heavy atom. The molecule has 1 aromatic heterocycles. The highest BCUT2D eigenvalue weighted by molar-refractivity contribution is 5.47. The molecule has 108 valence electrons. The van der Waals surface area contributed by atoms with Crippen molar-refractivity contribution in [3.05, 3.63) is 41.2 Å². The molecule has 2 rings (SSSR count). The van der Waals surface area contributed by atoms with Crippen LogP contribution >= 0.6 is 0 Å². The fraction of sp³-hybridized carbons (Fsp3) is 0.438. The van der Waals surface area contributed by atoms with Crippen molar-refractivity contribution in [1.82, 2.24) is 9.78 Å². The molecule has 0 aliphatic carbocycles. The van der Waals surface area contributed by atoms with Crippen LogP contribution in [-0.4, -0.2) is 16.4 Å². The highest BCUT2D eigenvalue weighted by Crippen LogP contribution is 2.18. The molecule has 0 aliphatic heterocycles. The van der Waals surface area contributed by atoms with Gasteiger partial charge in [0.25, 0.3) is 0 Å². The molecule has 0 bridgehead atoms. The molecule has 20 heavy (non-hydrogen) atoms. The molecule has 4 nitrogen and oxygen atoms in total. The van der Waals surface area contributed by atoms with Crippen molar-refractivity contribution in [2.75, 3.05) is 11.9 Å². The van der Waals surface area contributed by atoms with E-state index < -0.39 is 0 Å². The minimum absolute atomic E-state index is 0.765. The zero-order valence-electron chi connectivity index (χ0n) is 12.7. The fourth-order valence-corrected chi connectivity index (χ4v) is 2.15. The number of hydrogen-bond acceptors (Lipinski definition) is 3. The average Bonchev–Trinajstić information content (AvgIpc) is 2.69. The van der Waals surface area contributed by atoms with Crippen LogP contribution in [0.1, 0.15) is 30.3 Å². The number of hydrogen-bond donors (Lipinski definition) is 1. The maximum atomic E-state index is 5.57. The quantitative estimate of drug-likeness (QED) is 0.876. The number of anilines is 1. The van der Waals surface area contributed by atoms with Crippen molar-refractivity contribution < 1.29 is 4.74 Å². The van der Waals surface area contributed by atoms with E-state index in [0.717, 1.165) is 36.7 Å². The lowest BCUT2D eigenvalue weighted by Crippen LogP contribution is -2.02. The van der Waals surface area contributed by atoms with Crippen LogP contribution in [-0.2, 0) is 13.6 Å². The predicted molar refractivity (Wildman–Crippen MR) is 82.2 cm³/mol. The summed E-state index contributed by atoms with van der Waals surface area (Å²) in [6.45, 7) is 7.81. The van der Waals surface area contributed by atoms with E-state index in [2.05, 4.69) is 24.3 Å². The largest absolute Gasteiger partial charge is 0.494 e. The molecule has 4 heteroatoms. The summed E-state index contributed by atoms with van der Waals surface area (Å²) in [7, 11) is 1.98. The van der Waals surface area contributed by atoms with Crippen molar-refractivity contribution in [1.29, 1.82) is 0 Å². The second-order valence-corrected chi connectivity index (χ2v) is 5.00. The number of rotatable bonds is 6. The number of aryl methyl sites for hydroxylation is 2. The minimum atomic E-state index is 0.765. The molecule has 2 aromatic rings. The SMILES string of the molecule is CCCOc1ccc(NCc2c(C)nn(C)c2C)cc1. The molecule has 0 atom stereocenters. The summed E-state index contributed by atoms with van der Waals surface area (Å²) in [6, 6.07) is 8.10. The number of ether oxygens (including phenoxy) is 1. The molecule has 0 saturated heterocycles. The topological polar surface area (TPSA) is 39.1 Å². The molecular weight excluding hydrogens is 250 g/mol. The molecule has 0 amide bonds. The number of nitrogens with zero attached hydrogens (tertiary/aromatic N) is 2. The van der Waals surface area contributed by atoms with Gasteiger partial charge in [-0.15, -0.1) is 0 Å². The van der Waals surface area contributed by atoms with Crippen molar-refractivity contribution in [2.24, 2.45) is 7.05 Å². The monoisotopic (exact) mass is 273 g/mol. The van der Waals surface area contributed by atoms with Gasteiger partial charge in [-0.25, -0.2) is 0 Å². The smallest absolute Gasteiger partial charge is 0.119 e. The second-order valence-electron chi connectivity index (χ2n) is 5.00. The van der Waals surface area contributed by atoms with Crippen LogP contribution in [0.3, 0.4) is 0 Å². The Hall–Kier alpha value is -1.97. The first-order valence-corrected chi connectivity index (χ1v) is 7.07. The lowest BCUT2D eigenvalue weighted by atomic mass is 10.2. The zero-order valence-corrected chi connectivity index (χ0v) is 12.7. The van der Waals surface area contributed by atoms with E-state index in [0.29, 0.717) is 0 Å². The predicted octanol–water partition coefficient (Wildman–Crippen LogP) is 3.44. The molecule has 1 N–H and O–H groups in total. The van der Waals surface area contributed by atoms with Crippen molar-refractivity contribution >= 4 is 5.69 Å². The Kier molecular flexibility index (Phi) is 4.66. The summed E-state index contributed by atoms with van der Waals surface area (Å²) >= 11 is 0. The zero-order chi connectivity index (χ0) is 14.5. The Bertz CT molecular complexity index is 558. The molecule has 1 aromatic carbocycles. The summed E-state index contributed by atoms with van der Waals surface area (Å²) in [4.78, 5) is 0. The van der Waals surface area contributed by atoms with E-state index in [1.807, 2.05) is 42.9 Å². The maximum absolute atomic E-state index is 5.57. The Morgan fingerprint density at radius 2 is 1.90 bits per heavy atom. The third kappa shape index (κ3) is 3.32. The molecule has 0 saturated carbocycles. The lowest BCUT2D eigenvalue weighted by molar-refractivity contribution is 0.317. The Morgan fingerprint density at radius 1 is 1.20 bits per heavy atom.